The third kappa shape index (κ3) is 5.57. The topological polar surface area (TPSA) is 43.9 Å². The number of hydrogen-bond acceptors (Lipinski definition) is 4. The van der Waals surface area contributed by atoms with Gasteiger partial charge < -0.3 is 4.90 Å². The van der Waals surface area contributed by atoms with Gasteiger partial charge in [-0.25, -0.2) is 8.42 Å². The van der Waals surface area contributed by atoms with Crippen molar-refractivity contribution in [1.29, 1.82) is 0 Å². The van der Waals surface area contributed by atoms with Crippen molar-refractivity contribution in [3.05, 3.63) is 88.9 Å². The summed E-state index contributed by atoms with van der Waals surface area (Å²) in [4.78, 5) is 4.76. The number of sulfonamides is 1. The zero-order chi connectivity index (χ0) is 24.3. The number of benzene rings is 3. The number of likely N-dealkylation sites (tertiary alicyclic amines) is 1. The fraction of sp³-hybridized carbons (Fsp3) is 0.333. The molecule has 0 N–H and O–H groups in total. The molecular weight excluding hydrogens is 466 g/mol. The molecule has 7 heteroatoms. The summed E-state index contributed by atoms with van der Waals surface area (Å²) in [5.74, 6) is 0. The van der Waals surface area contributed by atoms with Crippen molar-refractivity contribution in [2.75, 3.05) is 36.4 Å². The molecule has 0 saturated carbocycles. The average molecular weight is 498 g/mol. The Labute approximate surface area is 208 Å². The molecule has 180 valence electrons. The van der Waals surface area contributed by atoms with Crippen molar-refractivity contribution in [3.8, 4) is 0 Å². The Kier molecular flexibility index (Phi) is 7.51. The van der Waals surface area contributed by atoms with Crippen LogP contribution in [0, 0.1) is 6.92 Å². The van der Waals surface area contributed by atoms with E-state index < -0.39 is 10.0 Å². The average Bonchev–Trinajstić information content (AvgIpc) is 2.82. The molecule has 0 radical (unpaired) electrons. The molecule has 0 unspecified atom stereocenters. The van der Waals surface area contributed by atoms with E-state index in [0.29, 0.717) is 10.7 Å². The molecule has 5 nitrogen and oxygen atoms in total. The van der Waals surface area contributed by atoms with Gasteiger partial charge in [-0.15, -0.1) is 0 Å². The lowest BCUT2D eigenvalue weighted by Gasteiger charge is -2.39. The molecule has 4 rings (SSSR count). The van der Waals surface area contributed by atoms with Crippen molar-refractivity contribution in [2.24, 2.45) is 0 Å². The molecule has 1 saturated heterocycles. The Hall–Kier alpha value is -2.54. The molecule has 0 spiro atoms. The summed E-state index contributed by atoms with van der Waals surface area (Å²) in [6.07, 6.45) is 1.55. The van der Waals surface area contributed by atoms with Crippen LogP contribution in [0.15, 0.2) is 77.7 Å². The van der Waals surface area contributed by atoms with Crippen LogP contribution in [0.4, 0.5) is 11.4 Å². The number of aryl methyl sites for hydroxylation is 1. The highest BCUT2D eigenvalue weighted by Crippen LogP contribution is 2.31. The van der Waals surface area contributed by atoms with Crippen LogP contribution in [0.5, 0.6) is 0 Å². The fourth-order valence-electron chi connectivity index (χ4n) is 4.43. The molecule has 1 aliphatic rings. The van der Waals surface area contributed by atoms with Gasteiger partial charge in [0, 0.05) is 50.5 Å². The Bertz CT molecular complexity index is 1190. The van der Waals surface area contributed by atoms with Gasteiger partial charge in [-0.1, -0.05) is 41.4 Å². The van der Waals surface area contributed by atoms with Crippen LogP contribution < -0.4 is 9.21 Å². The van der Waals surface area contributed by atoms with E-state index in [1.54, 1.807) is 28.6 Å². The summed E-state index contributed by atoms with van der Waals surface area (Å²) < 4.78 is 29.1. The molecule has 1 heterocycles. The van der Waals surface area contributed by atoms with E-state index >= 15 is 0 Å². The lowest BCUT2D eigenvalue weighted by Crippen LogP contribution is -2.47. The van der Waals surface area contributed by atoms with E-state index in [-0.39, 0.29) is 10.9 Å². The Balaban J connectivity index is 1.52. The highest BCUT2D eigenvalue weighted by atomic mass is 35.5. The lowest BCUT2D eigenvalue weighted by atomic mass is 10.0. The van der Waals surface area contributed by atoms with E-state index in [1.807, 2.05) is 45.3 Å². The number of halogens is 1. The first-order valence-electron chi connectivity index (χ1n) is 11.6. The van der Waals surface area contributed by atoms with Gasteiger partial charge in [0.15, 0.2) is 0 Å². The quantitative estimate of drug-likeness (QED) is 0.427. The van der Waals surface area contributed by atoms with Gasteiger partial charge in [0.2, 0.25) is 0 Å². The van der Waals surface area contributed by atoms with Gasteiger partial charge in [-0.3, -0.25) is 9.21 Å². The first-order valence-corrected chi connectivity index (χ1v) is 13.4. The smallest absolute Gasteiger partial charge is 0.264 e. The first kappa shape index (κ1) is 24.6. The van der Waals surface area contributed by atoms with Gasteiger partial charge in [-0.2, -0.15) is 0 Å². The number of hydrogen-bond donors (Lipinski definition) is 0. The lowest BCUT2D eigenvalue weighted by molar-refractivity contribution is 0.206. The van der Waals surface area contributed by atoms with Crippen LogP contribution >= 0.6 is 11.6 Å². The highest BCUT2D eigenvalue weighted by Gasteiger charge is 2.34. The Morgan fingerprint density at radius 1 is 0.853 bits per heavy atom. The van der Waals surface area contributed by atoms with Crippen molar-refractivity contribution >= 4 is 33.0 Å². The minimum Gasteiger partial charge on any atom is -0.378 e. The molecule has 0 atom stereocenters. The van der Waals surface area contributed by atoms with Crippen molar-refractivity contribution in [3.63, 3.8) is 0 Å². The van der Waals surface area contributed by atoms with Crippen LogP contribution in [0.3, 0.4) is 0 Å². The standard InChI is InChI=1S/C27H32ClN3O2S/c1-21-4-10-25(11-5-21)31(34(32,33)27-14-8-23(28)9-15-27)26-16-18-30(19-17-26)20-22-6-12-24(13-7-22)29(2)3/h4-15,26H,16-20H2,1-3H3. The third-order valence-electron chi connectivity index (χ3n) is 6.41. The first-order chi connectivity index (χ1) is 16.2. The molecule has 0 bridgehead atoms. The molecule has 1 aliphatic heterocycles. The van der Waals surface area contributed by atoms with E-state index in [4.69, 9.17) is 11.6 Å². The molecule has 3 aromatic rings. The number of rotatable bonds is 7. The second-order valence-corrected chi connectivity index (χ2v) is 11.4. The van der Waals surface area contributed by atoms with Gasteiger partial charge in [0.1, 0.15) is 0 Å². The van der Waals surface area contributed by atoms with Gasteiger partial charge in [-0.05, 0) is 73.9 Å². The predicted octanol–water partition coefficient (Wildman–Crippen LogP) is 5.57. The summed E-state index contributed by atoms with van der Waals surface area (Å²) in [6.45, 7) is 4.57. The molecule has 0 aliphatic carbocycles. The highest BCUT2D eigenvalue weighted by molar-refractivity contribution is 7.92. The third-order valence-corrected chi connectivity index (χ3v) is 8.55. The van der Waals surface area contributed by atoms with Crippen LogP contribution in [-0.4, -0.2) is 46.5 Å². The monoisotopic (exact) mass is 497 g/mol. The van der Waals surface area contributed by atoms with Gasteiger partial charge in [0.05, 0.1) is 10.6 Å². The molecule has 34 heavy (non-hydrogen) atoms. The van der Waals surface area contributed by atoms with E-state index in [0.717, 1.165) is 38.0 Å². The summed E-state index contributed by atoms with van der Waals surface area (Å²) >= 11 is 6.01. The molecule has 1 fully saturated rings. The summed E-state index contributed by atoms with van der Waals surface area (Å²) in [5, 5.41) is 0.521. The molecule has 0 aromatic heterocycles. The summed E-state index contributed by atoms with van der Waals surface area (Å²) in [6, 6.07) is 22.7. The molecular formula is C27H32ClN3O2S. The van der Waals surface area contributed by atoms with Crippen molar-refractivity contribution in [2.45, 2.75) is 37.2 Å². The van der Waals surface area contributed by atoms with E-state index in [2.05, 4.69) is 34.1 Å². The Morgan fingerprint density at radius 2 is 1.41 bits per heavy atom. The van der Waals surface area contributed by atoms with Crippen LogP contribution in [0.25, 0.3) is 0 Å². The zero-order valence-corrected chi connectivity index (χ0v) is 21.6. The molecule has 3 aromatic carbocycles. The number of piperidine rings is 1. The van der Waals surface area contributed by atoms with Crippen molar-refractivity contribution in [1.82, 2.24) is 4.90 Å². The molecule has 0 amide bonds. The summed E-state index contributed by atoms with van der Waals surface area (Å²) in [5.41, 5.74) is 4.26. The second kappa shape index (κ2) is 10.4. The minimum absolute atomic E-state index is 0.101. The number of anilines is 2. The van der Waals surface area contributed by atoms with E-state index in [1.165, 1.54) is 11.3 Å². The predicted molar refractivity (Wildman–Crippen MR) is 141 cm³/mol. The normalized spacial score (nSPS) is 15.3. The minimum atomic E-state index is -3.72. The van der Waals surface area contributed by atoms with Gasteiger partial charge in [0.25, 0.3) is 10.0 Å². The SMILES string of the molecule is Cc1ccc(N(C2CCN(Cc3ccc(N(C)C)cc3)CC2)S(=O)(=O)c2ccc(Cl)cc2)cc1. The maximum absolute atomic E-state index is 13.8. The van der Waals surface area contributed by atoms with Crippen molar-refractivity contribution < 1.29 is 8.42 Å². The van der Waals surface area contributed by atoms with E-state index in [9.17, 15) is 8.42 Å². The second-order valence-electron chi connectivity index (χ2n) is 9.16. The van der Waals surface area contributed by atoms with Gasteiger partial charge >= 0.3 is 0 Å². The van der Waals surface area contributed by atoms with Crippen LogP contribution in [0.2, 0.25) is 5.02 Å². The van der Waals surface area contributed by atoms with Crippen LogP contribution in [0.1, 0.15) is 24.0 Å². The largest absolute Gasteiger partial charge is 0.378 e. The maximum Gasteiger partial charge on any atom is 0.264 e. The van der Waals surface area contributed by atoms with Crippen LogP contribution in [-0.2, 0) is 16.6 Å². The fourth-order valence-corrected chi connectivity index (χ4v) is 6.26. The maximum atomic E-state index is 13.8. The summed E-state index contributed by atoms with van der Waals surface area (Å²) in [7, 11) is 0.358. The zero-order valence-electron chi connectivity index (χ0n) is 20.0. The Morgan fingerprint density at radius 3 is 1.97 bits per heavy atom. The number of nitrogens with zero attached hydrogens (tertiary/aromatic N) is 3.